The molecule has 5 rings (SSSR count). The maximum absolute atomic E-state index is 2.64. The van der Waals surface area contributed by atoms with E-state index in [1.165, 1.54) is 36.8 Å². The number of rotatable bonds is 4. The van der Waals surface area contributed by atoms with Gasteiger partial charge in [-0.1, -0.05) is 123 Å². The van der Waals surface area contributed by atoms with E-state index in [4.69, 9.17) is 0 Å². The molecule has 2 aromatic rings. The second-order valence-electron chi connectivity index (χ2n) is 12.2. The van der Waals surface area contributed by atoms with Gasteiger partial charge in [-0.05, 0) is 46.2 Å². The highest BCUT2D eigenvalue weighted by Crippen LogP contribution is 2.54. The minimum absolute atomic E-state index is 0.601. The Labute approximate surface area is 200 Å². The van der Waals surface area contributed by atoms with Gasteiger partial charge in [-0.3, -0.25) is 0 Å². The van der Waals surface area contributed by atoms with Gasteiger partial charge in [0.1, 0.15) is 0 Å². The predicted octanol–water partition coefficient (Wildman–Crippen LogP) is 7.24. The van der Waals surface area contributed by atoms with E-state index in [9.17, 15) is 0 Å². The third-order valence-corrected chi connectivity index (χ3v) is 14.1. The fourth-order valence-electron chi connectivity index (χ4n) is 5.91. The van der Waals surface area contributed by atoms with E-state index in [0.29, 0.717) is 5.92 Å². The van der Waals surface area contributed by atoms with Crippen molar-refractivity contribution in [2.24, 2.45) is 0 Å². The molecule has 0 saturated carbocycles. The minimum Gasteiger partial charge on any atom is -0.0805 e. The number of hydrogen-bond acceptors (Lipinski definition) is 0. The van der Waals surface area contributed by atoms with Gasteiger partial charge in [0.05, 0.1) is 25.7 Å². The molecule has 1 saturated heterocycles. The molecule has 32 heavy (non-hydrogen) atoms. The van der Waals surface area contributed by atoms with Gasteiger partial charge in [0.25, 0.3) is 0 Å². The molecule has 2 unspecified atom stereocenters. The van der Waals surface area contributed by atoms with Crippen molar-refractivity contribution in [3.05, 3.63) is 71.3 Å². The first-order chi connectivity index (χ1) is 15.1. The largest absolute Gasteiger partial charge is 0.0805 e. The van der Waals surface area contributed by atoms with E-state index in [2.05, 4.69) is 93.9 Å². The highest BCUT2D eigenvalue weighted by molar-refractivity contribution is 6.89. The lowest BCUT2D eigenvalue weighted by atomic mass is 9.89. The molecular weight excluding hydrogens is 433 g/mol. The van der Waals surface area contributed by atoms with Crippen molar-refractivity contribution in [3.8, 4) is 11.1 Å². The quantitative estimate of drug-likeness (QED) is 0.413. The van der Waals surface area contributed by atoms with Crippen molar-refractivity contribution >= 4 is 36.0 Å². The number of fused-ring (bicyclic) bond motifs is 3. The van der Waals surface area contributed by atoms with Crippen LogP contribution in [0.5, 0.6) is 0 Å². The lowest BCUT2D eigenvalue weighted by molar-refractivity contribution is 0.557. The number of hydrogen-bond donors (Lipinski definition) is 0. The van der Waals surface area contributed by atoms with Crippen LogP contribution in [0.25, 0.3) is 11.1 Å². The van der Waals surface area contributed by atoms with Crippen molar-refractivity contribution in [1.29, 1.82) is 0 Å². The summed E-state index contributed by atoms with van der Waals surface area (Å²) in [4.78, 5) is 0. The second kappa shape index (κ2) is 8.11. The van der Waals surface area contributed by atoms with Crippen molar-refractivity contribution in [3.63, 3.8) is 0 Å². The molecule has 2 atom stereocenters. The average molecular weight is 471 g/mol. The van der Waals surface area contributed by atoms with Crippen LogP contribution in [-0.2, 0) is 0 Å². The topological polar surface area (TPSA) is 0 Å². The Kier molecular flexibility index (Phi) is 5.67. The van der Waals surface area contributed by atoms with Gasteiger partial charge >= 0.3 is 0 Å². The smallest absolute Gasteiger partial charge is 0.0776 e. The van der Waals surface area contributed by atoms with Gasteiger partial charge in [0.15, 0.2) is 0 Å². The number of benzene rings is 2. The minimum atomic E-state index is -1.34. The molecule has 3 aliphatic rings. The molecule has 2 aliphatic carbocycles. The first-order valence-electron chi connectivity index (χ1n) is 12.5. The first-order valence-corrected chi connectivity index (χ1v) is 20.7. The summed E-state index contributed by atoms with van der Waals surface area (Å²) >= 11 is 0. The molecule has 1 aliphatic heterocycles. The van der Waals surface area contributed by atoms with Gasteiger partial charge in [0, 0.05) is 5.92 Å². The fourth-order valence-corrected chi connectivity index (χ4v) is 10.5. The Bertz CT molecular complexity index is 1030. The molecule has 0 bridgehead atoms. The van der Waals surface area contributed by atoms with Crippen LogP contribution in [-0.4, -0.2) is 25.7 Å². The molecule has 3 heteroatoms. The second-order valence-corrected chi connectivity index (χ2v) is 24.1. The zero-order valence-corrected chi connectivity index (χ0v) is 23.8. The summed E-state index contributed by atoms with van der Waals surface area (Å²) < 4.78 is 0. The normalized spacial score (nSPS) is 23.2. The molecule has 1 heterocycles. The molecule has 2 aromatic carbocycles. The third-order valence-electron chi connectivity index (χ3n) is 7.87. The molecule has 0 aromatic heterocycles. The van der Waals surface area contributed by atoms with Crippen LogP contribution in [0.4, 0.5) is 0 Å². The van der Waals surface area contributed by atoms with E-state index >= 15 is 0 Å². The SMILES string of the molecule is C[Si](C)(C)c1ccc2c(c1)C(C1CCCC(C3=CC=CC3)[Si]1)c1cc([Si](C)(C)C)ccc1-2. The monoisotopic (exact) mass is 470 g/mol. The number of allylic oxidation sites excluding steroid dienone is 4. The predicted molar refractivity (Wildman–Crippen MR) is 149 cm³/mol. The molecule has 2 radical (unpaired) electrons. The molecule has 0 N–H and O–H groups in total. The van der Waals surface area contributed by atoms with Crippen LogP contribution < -0.4 is 10.4 Å². The summed E-state index contributed by atoms with van der Waals surface area (Å²) in [6, 6.07) is 15.1. The van der Waals surface area contributed by atoms with Crippen molar-refractivity contribution in [2.75, 3.05) is 0 Å². The molecule has 1 fully saturated rings. The summed E-state index contributed by atoms with van der Waals surface area (Å²) in [6.07, 6.45) is 12.4. The molecule has 166 valence electrons. The van der Waals surface area contributed by atoms with Gasteiger partial charge in [0.2, 0.25) is 0 Å². The highest BCUT2D eigenvalue weighted by Gasteiger charge is 2.39. The Hall–Kier alpha value is -1.43. The standard InChI is InChI=1S/C29H38Si3/c1-31(2,3)21-14-16-23-24-17-15-22(32(4,5)6)19-26(24)29(25(23)18-21)28-13-9-12-27(30-28)20-10-7-8-11-20/h7-8,10,14-19,27-29H,9,11-13H2,1-6H3. The van der Waals surface area contributed by atoms with Crippen LogP contribution in [0.2, 0.25) is 50.4 Å². The summed E-state index contributed by atoms with van der Waals surface area (Å²) in [7, 11) is -1.63. The van der Waals surface area contributed by atoms with Crippen LogP contribution in [0.3, 0.4) is 0 Å². The highest BCUT2D eigenvalue weighted by atomic mass is 28.3. The van der Waals surface area contributed by atoms with E-state index in [1.807, 2.05) is 0 Å². The Morgan fingerprint density at radius 1 is 0.781 bits per heavy atom. The summed E-state index contributed by atoms with van der Waals surface area (Å²) in [5.74, 6) is 0.601. The third kappa shape index (κ3) is 4.01. The van der Waals surface area contributed by atoms with E-state index in [0.717, 1.165) is 20.6 Å². The summed E-state index contributed by atoms with van der Waals surface area (Å²) in [5.41, 5.74) is 9.69. The van der Waals surface area contributed by atoms with Gasteiger partial charge in [-0.25, -0.2) is 0 Å². The fraction of sp³-hybridized carbons (Fsp3) is 0.448. The van der Waals surface area contributed by atoms with Crippen LogP contribution in [0.1, 0.15) is 42.7 Å². The zero-order valence-electron chi connectivity index (χ0n) is 20.8. The zero-order chi connectivity index (χ0) is 22.7. The van der Waals surface area contributed by atoms with Gasteiger partial charge in [-0.15, -0.1) is 0 Å². The molecule has 0 amide bonds. The Morgan fingerprint density at radius 2 is 1.38 bits per heavy atom. The van der Waals surface area contributed by atoms with Crippen LogP contribution >= 0.6 is 0 Å². The van der Waals surface area contributed by atoms with Crippen LogP contribution in [0, 0.1) is 0 Å². The maximum atomic E-state index is 2.64. The van der Waals surface area contributed by atoms with Crippen molar-refractivity contribution < 1.29 is 0 Å². The summed E-state index contributed by atoms with van der Waals surface area (Å²) in [5, 5.41) is 3.25. The summed E-state index contributed by atoms with van der Waals surface area (Å²) in [6.45, 7) is 15.0. The van der Waals surface area contributed by atoms with E-state index < -0.39 is 16.1 Å². The molecule has 0 nitrogen and oxygen atoms in total. The lowest BCUT2D eigenvalue weighted by Crippen LogP contribution is -2.38. The Morgan fingerprint density at radius 3 is 1.88 bits per heavy atom. The Balaban J connectivity index is 1.60. The van der Waals surface area contributed by atoms with Crippen molar-refractivity contribution in [1.82, 2.24) is 0 Å². The molecule has 0 spiro atoms. The maximum Gasteiger partial charge on any atom is 0.0776 e. The van der Waals surface area contributed by atoms with E-state index in [1.54, 1.807) is 27.1 Å². The molecular formula is C29H38Si3. The first kappa shape index (κ1) is 22.4. The lowest BCUT2D eigenvalue weighted by Gasteiger charge is -2.34. The van der Waals surface area contributed by atoms with Crippen molar-refractivity contribution in [2.45, 2.75) is 82.0 Å². The van der Waals surface area contributed by atoms with Gasteiger partial charge in [-0.2, -0.15) is 0 Å². The van der Waals surface area contributed by atoms with E-state index in [-0.39, 0.29) is 0 Å². The van der Waals surface area contributed by atoms with Crippen LogP contribution in [0.15, 0.2) is 60.2 Å². The average Bonchev–Trinajstić information content (AvgIpc) is 3.38. The van der Waals surface area contributed by atoms with Gasteiger partial charge < -0.3 is 0 Å².